The Labute approximate surface area is 151 Å². The molecule has 130 valence electrons. The van der Waals surface area contributed by atoms with Crippen molar-refractivity contribution in [2.45, 2.75) is 19.8 Å². The number of nitrogens with one attached hydrogen (secondary N) is 1. The molecular weight excluding hydrogens is 340 g/mol. The minimum Gasteiger partial charge on any atom is -0.326 e. The summed E-state index contributed by atoms with van der Waals surface area (Å²) in [6, 6.07) is 5.30. The van der Waals surface area contributed by atoms with Gasteiger partial charge < -0.3 is 5.32 Å². The smallest absolute Gasteiger partial charge is 0.233 e. The molecule has 1 aliphatic heterocycles. The van der Waals surface area contributed by atoms with Crippen LogP contribution < -0.4 is 5.32 Å². The maximum Gasteiger partial charge on any atom is 0.233 e. The van der Waals surface area contributed by atoms with E-state index >= 15 is 0 Å². The zero-order chi connectivity index (χ0) is 17.7. The predicted octanol–water partition coefficient (Wildman–Crippen LogP) is 2.78. The maximum atomic E-state index is 12.6. The Morgan fingerprint density at radius 3 is 2.48 bits per heavy atom. The second-order valence-corrected chi connectivity index (χ2v) is 7.45. The number of carbonyl (C=O) groups is 3. The van der Waals surface area contributed by atoms with Gasteiger partial charge in [-0.25, -0.2) is 0 Å². The molecule has 6 heteroatoms. The highest BCUT2D eigenvalue weighted by molar-refractivity contribution is 6.31. The fourth-order valence-electron chi connectivity index (χ4n) is 4.35. The van der Waals surface area contributed by atoms with E-state index in [4.69, 9.17) is 11.6 Å². The first kappa shape index (κ1) is 16.3. The fraction of sp³-hybridized carbons (Fsp3) is 0.421. The van der Waals surface area contributed by atoms with Gasteiger partial charge in [0, 0.05) is 23.7 Å². The van der Waals surface area contributed by atoms with Crippen LogP contribution in [0.5, 0.6) is 0 Å². The molecule has 1 aromatic rings. The van der Waals surface area contributed by atoms with Gasteiger partial charge in [0.1, 0.15) is 0 Å². The summed E-state index contributed by atoms with van der Waals surface area (Å²) in [5.74, 6) is -0.485. The van der Waals surface area contributed by atoms with Crippen LogP contribution in [-0.2, 0) is 14.4 Å². The molecule has 1 heterocycles. The van der Waals surface area contributed by atoms with Crippen LogP contribution in [0.15, 0.2) is 30.4 Å². The Morgan fingerprint density at radius 2 is 1.84 bits per heavy atom. The van der Waals surface area contributed by atoms with Crippen molar-refractivity contribution < 1.29 is 14.4 Å². The molecule has 2 aliphatic carbocycles. The predicted molar refractivity (Wildman–Crippen MR) is 93.9 cm³/mol. The average molecular weight is 359 g/mol. The second kappa shape index (κ2) is 5.99. The van der Waals surface area contributed by atoms with Crippen LogP contribution in [-0.4, -0.2) is 29.2 Å². The number of allylic oxidation sites excluding steroid dienone is 2. The van der Waals surface area contributed by atoms with Gasteiger partial charge in [0.15, 0.2) is 0 Å². The Kier molecular flexibility index (Phi) is 3.91. The van der Waals surface area contributed by atoms with Crippen molar-refractivity contribution in [2.24, 2.45) is 23.7 Å². The summed E-state index contributed by atoms with van der Waals surface area (Å²) >= 11 is 6.05. The standard InChI is InChI=1S/C19H19ClN2O3/c1-10-13(20)3-2-4-14(10)21-15(23)7-8-22-18(24)16-11-5-6-12(9-11)17(16)19(22)25/h2-6,11-12,16-17H,7-9H2,1H3,(H,21,23)/t11-,12-,16-,17+/m0/s1. The lowest BCUT2D eigenvalue weighted by Gasteiger charge is -2.17. The van der Waals surface area contributed by atoms with Gasteiger partial charge in [-0.05, 0) is 42.9 Å². The van der Waals surface area contributed by atoms with Gasteiger partial charge >= 0.3 is 0 Å². The molecule has 1 aromatic carbocycles. The topological polar surface area (TPSA) is 66.5 Å². The van der Waals surface area contributed by atoms with Gasteiger partial charge in [-0.3, -0.25) is 19.3 Å². The van der Waals surface area contributed by atoms with E-state index in [0.29, 0.717) is 10.7 Å². The first-order valence-corrected chi connectivity index (χ1v) is 8.93. The Bertz CT molecular complexity index is 774. The van der Waals surface area contributed by atoms with Crippen LogP contribution in [0.2, 0.25) is 5.02 Å². The average Bonchev–Trinajstić information content (AvgIpc) is 3.25. The molecule has 4 rings (SSSR count). The first-order chi connectivity index (χ1) is 12.0. The number of likely N-dealkylation sites (tertiary alicyclic amines) is 1. The van der Waals surface area contributed by atoms with Crippen molar-refractivity contribution >= 4 is 35.0 Å². The third kappa shape index (κ3) is 2.58. The summed E-state index contributed by atoms with van der Waals surface area (Å²) in [5, 5.41) is 3.38. The van der Waals surface area contributed by atoms with Crippen LogP contribution in [0.1, 0.15) is 18.4 Å². The van der Waals surface area contributed by atoms with Gasteiger partial charge in [0.25, 0.3) is 0 Å². The quantitative estimate of drug-likeness (QED) is 0.664. The van der Waals surface area contributed by atoms with E-state index in [-0.39, 0.29) is 54.4 Å². The lowest BCUT2D eigenvalue weighted by molar-refractivity contribution is -0.140. The van der Waals surface area contributed by atoms with Gasteiger partial charge in [-0.1, -0.05) is 29.8 Å². The summed E-state index contributed by atoms with van der Waals surface area (Å²) in [7, 11) is 0. The van der Waals surface area contributed by atoms with Crippen LogP contribution in [0.3, 0.4) is 0 Å². The fourth-order valence-corrected chi connectivity index (χ4v) is 4.53. The van der Waals surface area contributed by atoms with Crippen molar-refractivity contribution in [2.75, 3.05) is 11.9 Å². The number of benzene rings is 1. The molecule has 2 bridgehead atoms. The number of halogens is 1. The second-order valence-electron chi connectivity index (χ2n) is 7.04. The number of carbonyl (C=O) groups excluding carboxylic acids is 3. The number of hydrogen-bond acceptors (Lipinski definition) is 3. The number of imide groups is 1. The van der Waals surface area contributed by atoms with Crippen LogP contribution >= 0.6 is 11.6 Å². The Hall–Kier alpha value is -2.14. The normalized spacial score (nSPS) is 29.4. The number of amides is 3. The van der Waals surface area contributed by atoms with Crippen LogP contribution in [0, 0.1) is 30.6 Å². The number of nitrogens with zero attached hydrogens (tertiary/aromatic N) is 1. The molecule has 0 unspecified atom stereocenters. The largest absolute Gasteiger partial charge is 0.326 e. The van der Waals surface area contributed by atoms with Gasteiger partial charge in [-0.15, -0.1) is 0 Å². The van der Waals surface area contributed by atoms with E-state index in [1.165, 1.54) is 4.90 Å². The Morgan fingerprint density at radius 1 is 1.20 bits per heavy atom. The van der Waals surface area contributed by atoms with E-state index in [9.17, 15) is 14.4 Å². The minimum atomic E-state index is -0.232. The zero-order valence-electron chi connectivity index (χ0n) is 13.9. The summed E-state index contributed by atoms with van der Waals surface area (Å²) in [6.45, 7) is 1.96. The van der Waals surface area contributed by atoms with Crippen LogP contribution in [0.4, 0.5) is 5.69 Å². The molecule has 0 aromatic heterocycles. The number of hydrogen-bond donors (Lipinski definition) is 1. The van der Waals surface area contributed by atoms with Crippen molar-refractivity contribution in [3.63, 3.8) is 0 Å². The summed E-state index contributed by atoms with van der Waals surface area (Å²) in [4.78, 5) is 38.7. The highest BCUT2D eigenvalue weighted by Gasteiger charge is 2.58. The first-order valence-electron chi connectivity index (χ1n) is 8.56. The molecule has 1 saturated carbocycles. The third-order valence-electron chi connectivity index (χ3n) is 5.67. The van der Waals surface area contributed by atoms with E-state index in [1.54, 1.807) is 18.2 Å². The maximum absolute atomic E-state index is 12.6. The molecule has 0 spiro atoms. The summed E-state index contributed by atoms with van der Waals surface area (Å²) < 4.78 is 0. The number of anilines is 1. The molecule has 5 nitrogen and oxygen atoms in total. The van der Waals surface area contributed by atoms with Crippen molar-refractivity contribution in [3.8, 4) is 0 Å². The monoisotopic (exact) mass is 358 g/mol. The molecule has 25 heavy (non-hydrogen) atoms. The van der Waals surface area contributed by atoms with E-state index < -0.39 is 0 Å². The van der Waals surface area contributed by atoms with E-state index in [2.05, 4.69) is 17.5 Å². The van der Waals surface area contributed by atoms with Crippen molar-refractivity contribution in [3.05, 3.63) is 40.9 Å². The van der Waals surface area contributed by atoms with E-state index in [0.717, 1.165) is 12.0 Å². The molecule has 3 amide bonds. The van der Waals surface area contributed by atoms with Crippen molar-refractivity contribution in [1.82, 2.24) is 4.90 Å². The van der Waals surface area contributed by atoms with Gasteiger partial charge in [0.2, 0.25) is 17.7 Å². The lowest BCUT2D eigenvalue weighted by Crippen LogP contribution is -2.35. The van der Waals surface area contributed by atoms with Crippen LogP contribution in [0.25, 0.3) is 0 Å². The highest BCUT2D eigenvalue weighted by atomic mass is 35.5. The van der Waals surface area contributed by atoms with Gasteiger partial charge in [-0.2, -0.15) is 0 Å². The van der Waals surface area contributed by atoms with Crippen molar-refractivity contribution in [1.29, 1.82) is 0 Å². The molecule has 1 saturated heterocycles. The molecular formula is C19H19ClN2O3. The molecule has 2 fully saturated rings. The lowest BCUT2D eigenvalue weighted by atomic mass is 9.85. The number of fused-ring (bicyclic) bond motifs is 5. The molecule has 3 aliphatic rings. The number of rotatable bonds is 4. The SMILES string of the molecule is Cc1c(Cl)cccc1NC(=O)CCN1C(=O)[C@@H]2[C@H](C1=O)[C@H]1C=C[C@H]2C1. The molecule has 1 N–H and O–H groups in total. The summed E-state index contributed by atoms with van der Waals surface area (Å²) in [5.41, 5.74) is 1.44. The molecule has 4 atom stereocenters. The Balaban J connectivity index is 1.39. The van der Waals surface area contributed by atoms with E-state index in [1.807, 2.05) is 6.92 Å². The summed E-state index contributed by atoms with van der Waals surface area (Å²) in [6.07, 6.45) is 5.13. The minimum absolute atomic E-state index is 0.0889. The van der Waals surface area contributed by atoms with Gasteiger partial charge in [0.05, 0.1) is 11.8 Å². The third-order valence-corrected chi connectivity index (χ3v) is 6.08. The highest BCUT2D eigenvalue weighted by Crippen LogP contribution is 2.52. The zero-order valence-corrected chi connectivity index (χ0v) is 14.6. The molecule has 0 radical (unpaired) electrons.